The molecule has 0 saturated heterocycles. The van der Waals surface area contributed by atoms with Crippen molar-refractivity contribution in [3.05, 3.63) is 0 Å². The fraction of sp³-hybridized carbons (Fsp3) is 1.00. The lowest BCUT2D eigenvalue weighted by atomic mass is 10.0. The summed E-state index contributed by atoms with van der Waals surface area (Å²) in [5.41, 5.74) is 5.59. The van der Waals surface area contributed by atoms with Crippen molar-refractivity contribution in [2.45, 2.75) is 43.7 Å². The summed E-state index contributed by atoms with van der Waals surface area (Å²) in [6.07, 6.45) is 5.72. The molecule has 3 heteroatoms. The van der Waals surface area contributed by atoms with Gasteiger partial charge >= 0.3 is 0 Å². The zero-order valence-electron chi connectivity index (χ0n) is 8.04. The molecule has 2 atom stereocenters. The van der Waals surface area contributed by atoms with E-state index >= 15 is 0 Å². The average molecular weight is 185 g/mol. The van der Waals surface area contributed by atoms with E-state index in [0.29, 0.717) is 6.10 Å². The number of aliphatic hydroxyl groups is 1. The van der Waals surface area contributed by atoms with Crippen LogP contribution in [0.5, 0.6) is 0 Å². The Labute approximate surface area is 79.3 Å². The maximum Gasteiger partial charge on any atom is 0.0612 e. The van der Waals surface area contributed by atoms with Gasteiger partial charge in [-0.1, -0.05) is 0 Å². The molecule has 13 heavy (non-hydrogen) atoms. The third-order valence-corrected chi connectivity index (χ3v) is 3.18. The lowest BCUT2D eigenvalue weighted by molar-refractivity contribution is 0.0436. The first-order valence-corrected chi connectivity index (χ1v) is 5.23. The molecule has 0 amide bonds. The molecule has 2 rings (SSSR count). The molecule has 2 saturated carbocycles. The van der Waals surface area contributed by atoms with Gasteiger partial charge in [-0.3, -0.25) is 0 Å². The molecule has 2 aliphatic rings. The monoisotopic (exact) mass is 185 g/mol. The summed E-state index contributed by atoms with van der Waals surface area (Å²) >= 11 is 0. The standard InChI is InChI=1S/C10H19NO2/c11-10(7-12)4-3-9(5-10)13-6-8-1-2-8/h8-9,12H,1-7,11H2. The van der Waals surface area contributed by atoms with Crippen LogP contribution in [0.4, 0.5) is 0 Å². The van der Waals surface area contributed by atoms with Gasteiger partial charge < -0.3 is 15.6 Å². The smallest absolute Gasteiger partial charge is 0.0612 e. The third-order valence-electron chi connectivity index (χ3n) is 3.18. The van der Waals surface area contributed by atoms with Crippen LogP contribution in [0, 0.1) is 5.92 Å². The summed E-state index contributed by atoms with van der Waals surface area (Å²) in [5, 5.41) is 9.05. The van der Waals surface area contributed by atoms with E-state index in [9.17, 15) is 0 Å². The van der Waals surface area contributed by atoms with Crippen molar-refractivity contribution >= 4 is 0 Å². The van der Waals surface area contributed by atoms with Crippen molar-refractivity contribution in [3.63, 3.8) is 0 Å². The predicted octanol–water partition coefficient (Wildman–Crippen LogP) is 0.655. The second kappa shape index (κ2) is 3.56. The second-order valence-corrected chi connectivity index (χ2v) is 4.66. The van der Waals surface area contributed by atoms with Crippen LogP contribution in [0.1, 0.15) is 32.1 Å². The Balaban J connectivity index is 1.70. The molecule has 0 aromatic heterocycles. The summed E-state index contributed by atoms with van der Waals surface area (Å²) < 4.78 is 5.73. The minimum Gasteiger partial charge on any atom is -0.394 e. The van der Waals surface area contributed by atoms with E-state index in [2.05, 4.69) is 0 Å². The molecule has 0 bridgehead atoms. The van der Waals surface area contributed by atoms with Crippen LogP contribution in [-0.4, -0.2) is 30.0 Å². The molecule has 0 radical (unpaired) electrons. The van der Waals surface area contributed by atoms with Gasteiger partial charge in [0.15, 0.2) is 0 Å². The Morgan fingerprint density at radius 3 is 2.69 bits per heavy atom. The van der Waals surface area contributed by atoms with E-state index in [1.165, 1.54) is 12.8 Å². The van der Waals surface area contributed by atoms with Crippen LogP contribution in [0.25, 0.3) is 0 Å². The van der Waals surface area contributed by atoms with Gasteiger partial charge in [-0.15, -0.1) is 0 Å². The summed E-state index contributed by atoms with van der Waals surface area (Å²) in [5.74, 6) is 0.821. The SMILES string of the molecule is NC1(CO)CCC(OCC2CC2)C1. The molecule has 0 aliphatic heterocycles. The van der Waals surface area contributed by atoms with Crippen LogP contribution < -0.4 is 5.73 Å². The molecule has 3 nitrogen and oxygen atoms in total. The largest absolute Gasteiger partial charge is 0.394 e. The number of nitrogens with two attached hydrogens (primary N) is 1. The Morgan fingerprint density at radius 2 is 2.15 bits per heavy atom. The van der Waals surface area contributed by atoms with Crippen molar-refractivity contribution in [1.82, 2.24) is 0 Å². The molecule has 0 spiro atoms. The second-order valence-electron chi connectivity index (χ2n) is 4.66. The lowest BCUT2D eigenvalue weighted by Gasteiger charge is -2.20. The van der Waals surface area contributed by atoms with E-state index in [4.69, 9.17) is 15.6 Å². The number of hydrogen-bond donors (Lipinski definition) is 2. The van der Waals surface area contributed by atoms with Crippen LogP contribution in [0.2, 0.25) is 0 Å². The zero-order chi connectivity index (χ0) is 9.31. The van der Waals surface area contributed by atoms with Gasteiger partial charge in [0.05, 0.1) is 12.7 Å². The van der Waals surface area contributed by atoms with Gasteiger partial charge in [0.25, 0.3) is 0 Å². The highest BCUT2D eigenvalue weighted by Crippen LogP contribution is 2.33. The highest BCUT2D eigenvalue weighted by molar-refractivity contribution is 4.93. The minimum atomic E-state index is -0.353. The summed E-state index contributed by atoms with van der Waals surface area (Å²) in [6, 6.07) is 0. The molecular weight excluding hydrogens is 166 g/mol. The molecule has 0 heterocycles. The molecule has 0 aromatic carbocycles. The van der Waals surface area contributed by atoms with Crippen molar-refractivity contribution in [1.29, 1.82) is 0 Å². The number of rotatable bonds is 4. The molecule has 2 aliphatic carbocycles. The Kier molecular flexibility index (Phi) is 2.58. The summed E-state index contributed by atoms with van der Waals surface area (Å²) in [6.45, 7) is 1.00. The summed E-state index contributed by atoms with van der Waals surface area (Å²) in [7, 11) is 0. The molecule has 2 fully saturated rings. The Hall–Kier alpha value is -0.120. The van der Waals surface area contributed by atoms with Gasteiger partial charge in [-0.25, -0.2) is 0 Å². The van der Waals surface area contributed by atoms with Gasteiger partial charge in [-0.05, 0) is 38.0 Å². The Morgan fingerprint density at radius 1 is 1.38 bits per heavy atom. The first-order chi connectivity index (χ1) is 6.22. The third kappa shape index (κ3) is 2.42. The van der Waals surface area contributed by atoms with Crippen molar-refractivity contribution in [2.24, 2.45) is 11.7 Å². The maximum absolute atomic E-state index is 9.05. The fourth-order valence-corrected chi connectivity index (χ4v) is 1.95. The van der Waals surface area contributed by atoms with Crippen molar-refractivity contribution in [2.75, 3.05) is 13.2 Å². The predicted molar refractivity (Wildman–Crippen MR) is 50.3 cm³/mol. The fourth-order valence-electron chi connectivity index (χ4n) is 1.95. The quantitative estimate of drug-likeness (QED) is 0.676. The Bertz CT molecular complexity index is 182. The summed E-state index contributed by atoms with van der Waals surface area (Å²) in [4.78, 5) is 0. The zero-order valence-corrected chi connectivity index (χ0v) is 8.04. The molecule has 3 N–H and O–H groups in total. The lowest BCUT2D eigenvalue weighted by Crippen LogP contribution is -2.41. The van der Waals surface area contributed by atoms with Gasteiger partial charge in [-0.2, -0.15) is 0 Å². The maximum atomic E-state index is 9.05. The first-order valence-electron chi connectivity index (χ1n) is 5.23. The molecule has 2 unspecified atom stereocenters. The highest BCUT2D eigenvalue weighted by Gasteiger charge is 2.36. The van der Waals surface area contributed by atoms with Crippen LogP contribution in [0.3, 0.4) is 0 Å². The number of hydrogen-bond acceptors (Lipinski definition) is 3. The normalized spacial score (nSPS) is 39.7. The topological polar surface area (TPSA) is 55.5 Å². The highest BCUT2D eigenvalue weighted by atomic mass is 16.5. The van der Waals surface area contributed by atoms with Crippen molar-refractivity contribution < 1.29 is 9.84 Å². The van der Waals surface area contributed by atoms with Gasteiger partial charge in [0.1, 0.15) is 0 Å². The van der Waals surface area contributed by atoms with Crippen molar-refractivity contribution in [3.8, 4) is 0 Å². The van der Waals surface area contributed by atoms with Crippen LogP contribution in [-0.2, 0) is 4.74 Å². The van der Waals surface area contributed by atoms with Crippen LogP contribution >= 0.6 is 0 Å². The van der Waals surface area contributed by atoms with E-state index < -0.39 is 0 Å². The number of ether oxygens (including phenoxy) is 1. The molecule has 76 valence electrons. The van der Waals surface area contributed by atoms with E-state index in [0.717, 1.165) is 31.8 Å². The minimum absolute atomic E-state index is 0.0935. The number of aliphatic hydroxyl groups excluding tert-OH is 1. The van der Waals surface area contributed by atoms with E-state index in [-0.39, 0.29) is 12.1 Å². The van der Waals surface area contributed by atoms with Gasteiger partial charge in [0, 0.05) is 12.1 Å². The molecular formula is C10H19NO2. The van der Waals surface area contributed by atoms with E-state index in [1.807, 2.05) is 0 Å². The average Bonchev–Trinajstić information content (AvgIpc) is 2.88. The van der Waals surface area contributed by atoms with E-state index in [1.54, 1.807) is 0 Å². The van der Waals surface area contributed by atoms with Crippen LogP contribution in [0.15, 0.2) is 0 Å². The van der Waals surface area contributed by atoms with Gasteiger partial charge in [0.2, 0.25) is 0 Å². The molecule has 0 aromatic rings. The first kappa shape index (κ1) is 9.44.